The Morgan fingerprint density at radius 1 is 1.33 bits per heavy atom. The van der Waals surface area contributed by atoms with Crippen LogP contribution in [0.15, 0.2) is 30.3 Å². The highest BCUT2D eigenvalue weighted by atomic mass is 16.7. The normalized spacial score (nSPS) is 10.0. The number of benzene rings is 1. The Morgan fingerprint density at radius 2 is 2.00 bits per heavy atom. The molecule has 0 saturated heterocycles. The maximum Gasteiger partial charge on any atom is 0.271 e. The second-order valence-electron chi connectivity index (χ2n) is 3.05. The number of ether oxygens (including phenoxy) is 1. The first kappa shape index (κ1) is 11.7. The second kappa shape index (κ2) is 6.16. The average molecular weight is 209 g/mol. The highest BCUT2D eigenvalue weighted by molar-refractivity contribution is 5.75. The molecule has 0 heterocycles. The SMILES string of the molecule is CON(C)C(=O)COCc1ccccc1. The van der Waals surface area contributed by atoms with Crippen molar-refractivity contribution >= 4 is 5.91 Å². The third-order valence-corrected chi connectivity index (χ3v) is 1.96. The topological polar surface area (TPSA) is 38.8 Å². The summed E-state index contributed by atoms with van der Waals surface area (Å²) in [5.41, 5.74) is 1.05. The lowest BCUT2D eigenvalue weighted by atomic mass is 10.2. The summed E-state index contributed by atoms with van der Waals surface area (Å²) in [7, 11) is 2.99. The van der Waals surface area contributed by atoms with Gasteiger partial charge in [0.2, 0.25) is 0 Å². The van der Waals surface area contributed by atoms with Gasteiger partial charge in [-0.25, -0.2) is 5.06 Å². The zero-order valence-corrected chi connectivity index (χ0v) is 8.97. The highest BCUT2D eigenvalue weighted by Crippen LogP contribution is 2.00. The summed E-state index contributed by atoms with van der Waals surface area (Å²) in [6.45, 7) is 0.462. The molecule has 0 radical (unpaired) electrons. The molecule has 0 bridgehead atoms. The Kier molecular flexibility index (Phi) is 4.80. The van der Waals surface area contributed by atoms with Crippen LogP contribution in [0.2, 0.25) is 0 Å². The van der Waals surface area contributed by atoms with Gasteiger partial charge < -0.3 is 4.74 Å². The van der Waals surface area contributed by atoms with Crippen molar-refractivity contribution in [1.29, 1.82) is 0 Å². The molecular formula is C11H15NO3. The molecule has 82 valence electrons. The van der Waals surface area contributed by atoms with Crippen molar-refractivity contribution in [2.45, 2.75) is 6.61 Å². The molecule has 0 saturated carbocycles. The Morgan fingerprint density at radius 3 is 2.60 bits per heavy atom. The van der Waals surface area contributed by atoms with Gasteiger partial charge in [0.15, 0.2) is 0 Å². The van der Waals surface area contributed by atoms with E-state index in [1.807, 2.05) is 30.3 Å². The number of likely N-dealkylation sites (N-methyl/N-ethyl adjacent to an activating group) is 1. The monoisotopic (exact) mass is 209 g/mol. The standard InChI is InChI=1S/C11H15NO3/c1-12(14-2)11(13)9-15-8-10-6-4-3-5-7-10/h3-7H,8-9H2,1-2H3. The summed E-state index contributed by atoms with van der Waals surface area (Å²) in [6, 6.07) is 9.70. The van der Waals surface area contributed by atoms with Crippen molar-refractivity contribution in [1.82, 2.24) is 5.06 Å². The predicted molar refractivity (Wildman–Crippen MR) is 55.9 cm³/mol. The maximum atomic E-state index is 11.2. The van der Waals surface area contributed by atoms with Gasteiger partial charge in [0, 0.05) is 7.05 Å². The number of hydroxylamine groups is 2. The van der Waals surface area contributed by atoms with Crippen LogP contribution in [-0.2, 0) is 21.0 Å². The fourth-order valence-electron chi connectivity index (χ4n) is 1.02. The first-order valence-corrected chi connectivity index (χ1v) is 4.66. The minimum absolute atomic E-state index is 0.0270. The molecule has 0 spiro atoms. The molecule has 4 heteroatoms. The molecule has 1 aromatic rings. The number of nitrogens with zero attached hydrogens (tertiary/aromatic N) is 1. The van der Waals surface area contributed by atoms with Crippen LogP contribution in [0, 0.1) is 0 Å². The van der Waals surface area contributed by atoms with Crippen LogP contribution >= 0.6 is 0 Å². The fourth-order valence-corrected chi connectivity index (χ4v) is 1.02. The molecule has 15 heavy (non-hydrogen) atoms. The van der Waals surface area contributed by atoms with E-state index in [0.29, 0.717) is 6.61 Å². The van der Waals surface area contributed by atoms with E-state index in [-0.39, 0.29) is 12.5 Å². The lowest BCUT2D eigenvalue weighted by Gasteiger charge is -2.13. The Bertz CT molecular complexity index is 300. The zero-order chi connectivity index (χ0) is 11.1. The number of carbonyl (C=O) groups is 1. The Labute approximate surface area is 89.4 Å². The maximum absolute atomic E-state index is 11.2. The van der Waals surface area contributed by atoms with E-state index >= 15 is 0 Å². The molecule has 0 aromatic heterocycles. The average Bonchev–Trinajstić information content (AvgIpc) is 2.29. The number of rotatable bonds is 5. The van der Waals surface area contributed by atoms with Crippen molar-refractivity contribution in [3.05, 3.63) is 35.9 Å². The minimum atomic E-state index is -0.201. The summed E-state index contributed by atoms with van der Waals surface area (Å²) in [5, 5.41) is 1.14. The second-order valence-corrected chi connectivity index (χ2v) is 3.05. The van der Waals surface area contributed by atoms with Crippen LogP contribution in [-0.4, -0.2) is 31.7 Å². The third-order valence-electron chi connectivity index (χ3n) is 1.96. The van der Waals surface area contributed by atoms with Gasteiger partial charge in [-0.15, -0.1) is 0 Å². The number of carbonyl (C=O) groups excluding carboxylic acids is 1. The predicted octanol–water partition coefficient (Wildman–Crippen LogP) is 1.22. The van der Waals surface area contributed by atoms with E-state index in [1.165, 1.54) is 7.11 Å². The van der Waals surface area contributed by atoms with E-state index < -0.39 is 0 Å². The first-order chi connectivity index (χ1) is 7.24. The highest BCUT2D eigenvalue weighted by Gasteiger charge is 2.07. The molecular weight excluding hydrogens is 194 g/mol. The third kappa shape index (κ3) is 4.10. The summed E-state index contributed by atoms with van der Waals surface area (Å²) in [5.74, 6) is -0.201. The lowest BCUT2D eigenvalue weighted by Crippen LogP contribution is -2.29. The van der Waals surface area contributed by atoms with Gasteiger partial charge in [0.05, 0.1) is 13.7 Å². The van der Waals surface area contributed by atoms with Gasteiger partial charge in [-0.1, -0.05) is 30.3 Å². The molecule has 0 fully saturated rings. The van der Waals surface area contributed by atoms with Crippen molar-refractivity contribution in [3.8, 4) is 0 Å². The Balaban J connectivity index is 2.25. The van der Waals surface area contributed by atoms with Gasteiger partial charge in [-0.3, -0.25) is 9.63 Å². The van der Waals surface area contributed by atoms with Gasteiger partial charge in [-0.2, -0.15) is 0 Å². The Hall–Kier alpha value is -1.39. The summed E-state index contributed by atoms with van der Waals surface area (Å²) < 4.78 is 5.23. The van der Waals surface area contributed by atoms with Crippen LogP contribution in [0.25, 0.3) is 0 Å². The molecule has 0 aliphatic carbocycles. The van der Waals surface area contributed by atoms with Gasteiger partial charge >= 0.3 is 0 Å². The zero-order valence-electron chi connectivity index (χ0n) is 8.97. The molecule has 0 N–H and O–H groups in total. The molecule has 0 atom stereocenters. The van der Waals surface area contributed by atoms with Gasteiger partial charge in [0.25, 0.3) is 5.91 Å². The molecule has 4 nitrogen and oxygen atoms in total. The van der Waals surface area contributed by atoms with E-state index in [4.69, 9.17) is 9.57 Å². The van der Waals surface area contributed by atoms with Gasteiger partial charge in [0.1, 0.15) is 6.61 Å². The lowest BCUT2D eigenvalue weighted by molar-refractivity contribution is -0.173. The summed E-state index contributed by atoms with van der Waals surface area (Å²) in [6.07, 6.45) is 0. The largest absolute Gasteiger partial charge is 0.367 e. The van der Waals surface area contributed by atoms with Crippen LogP contribution in [0.4, 0.5) is 0 Å². The van der Waals surface area contributed by atoms with Crippen molar-refractivity contribution in [3.63, 3.8) is 0 Å². The molecule has 1 rings (SSSR count). The fraction of sp³-hybridized carbons (Fsp3) is 0.364. The van der Waals surface area contributed by atoms with E-state index in [9.17, 15) is 4.79 Å². The van der Waals surface area contributed by atoms with Crippen LogP contribution in [0.3, 0.4) is 0 Å². The number of amides is 1. The molecule has 0 aliphatic rings. The van der Waals surface area contributed by atoms with Crippen LogP contribution in [0.1, 0.15) is 5.56 Å². The summed E-state index contributed by atoms with van der Waals surface area (Å²) >= 11 is 0. The van der Waals surface area contributed by atoms with Gasteiger partial charge in [-0.05, 0) is 5.56 Å². The van der Waals surface area contributed by atoms with E-state index in [1.54, 1.807) is 7.05 Å². The van der Waals surface area contributed by atoms with E-state index in [2.05, 4.69) is 0 Å². The smallest absolute Gasteiger partial charge is 0.271 e. The molecule has 1 aromatic carbocycles. The van der Waals surface area contributed by atoms with E-state index in [0.717, 1.165) is 10.6 Å². The number of hydrogen-bond donors (Lipinski definition) is 0. The molecule has 1 amide bonds. The van der Waals surface area contributed by atoms with Crippen LogP contribution < -0.4 is 0 Å². The van der Waals surface area contributed by atoms with Crippen LogP contribution in [0.5, 0.6) is 0 Å². The molecule has 0 aliphatic heterocycles. The number of hydrogen-bond acceptors (Lipinski definition) is 3. The molecule has 0 unspecified atom stereocenters. The van der Waals surface area contributed by atoms with Crippen molar-refractivity contribution < 1.29 is 14.4 Å². The van der Waals surface area contributed by atoms with Crippen molar-refractivity contribution in [2.75, 3.05) is 20.8 Å². The first-order valence-electron chi connectivity index (χ1n) is 4.66. The van der Waals surface area contributed by atoms with Crippen molar-refractivity contribution in [2.24, 2.45) is 0 Å². The minimum Gasteiger partial charge on any atom is -0.367 e. The quantitative estimate of drug-likeness (QED) is 0.684. The summed E-state index contributed by atoms with van der Waals surface area (Å²) in [4.78, 5) is 16.0.